The third-order valence-corrected chi connectivity index (χ3v) is 3.07. The highest BCUT2D eigenvalue weighted by molar-refractivity contribution is 5.89. The van der Waals surface area contributed by atoms with Crippen LogP contribution in [0.1, 0.15) is 34.4 Å². The third kappa shape index (κ3) is 2.93. The number of nitrogens with zero attached hydrogens (tertiary/aromatic N) is 2. The number of carbonyl (C=O) groups is 1. The van der Waals surface area contributed by atoms with Gasteiger partial charge >= 0.3 is 5.97 Å². The lowest BCUT2D eigenvalue weighted by molar-refractivity contribution is 0.0697. The number of aryl methyl sites for hydroxylation is 2. The summed E-state index contributed by atoms with van der Waals surface area (Å²) in [5.74, 6) is 0.472. The molecule has 5 nitrogen and oxygen atoms in total. The zero-order chi connectivity index (χ0) is 14.7. The van der Waals surface area contributed by atoms with E-state index in [9.17, 15) is 4.79 Å². The van der Waals surface area contributed by atoms with Crippen molar-refractivity contribution in [3.8, 4) is 0 Å². The Labute approximate surface area is 117 Å². The van der Waals surface area contributed by atoms with Gasteiger partial charge in [0.2, 0.25) is 0 Å². The van der Waals surface area contributed by atoms with Crippen LogP contribution in [0.5, 0.6) is 0 Å². The molecule has 0 aliphatic carbocycles. The zero-order valence-electron chi connectivity index (χ0n) is 11.8. The third-order valence-electron chi connectivity index (χ3n) is 3.07. The standard InChI is InChI=1S/C15H17N3O2/c1-4-13-9(2)14(17-10(3)16-13)18-12-7-5-6-11(8-12)15(19)20/h5-8H,4H2,1-3H3,(H,19,20)(H,16,17,18). The van der Waals surface area contributed by atoms with Crippen LogP contribution in [0.4, 0.5) is 11.5 Å². The highest BCUT2D eigenvalue weighted by Crippen LogP contribution is 2.21. The first-order valence-electron chi connectivity index (χ1n) is 6.45. The molecule has 0 aliphatic rings. The maximum absolute atomic E-state index is 11.0. The first kappa shape index (κ1) is 14.0. The highest BCUT2D eigenvalue weighted by Gasteiger charge is 2.09. The molecule has 5 heteroatoms. The largest absolute Gasteiger partial charge is 0.478 e. The Balaban J connectivity index is 2.37. The second-order valence-electron chi connectivity index (χ2n) is 4.56. The number of hydrogen-bond donors (Lipinski definition) is 2. The molecule has 1 aromatic heterocycles. The van der Waals surface area contributed by atoms with E-state index in [1.807, 2.05) is 26.8 Å². The average molecular weight is 271 g/mol. The Hall–Kier alpha value is -2.43. The summed E-state index contributed by atoms with van der Waals surface area (Å²) in [6.45, 7) is 5.85. The molecule has 0 amide bonds. The number of aromatic carboxylic acids is 1. The molecule has 0 saturated heterocycles. The monoisotopic (exact) mass is 271 g/mol. The van der Waals surface area contributed by atoms with Gasteiger partial charge in [-0.3, -0.25) is 0 Å². The minimum absolute atomic E-state index is 0.245. The van der Waals surface area contributed by atoms with Gasteiger partial charge < -0.3 is 10.4 Å². The van der Waals surface area contributed by atoms with E-state index in [0.29, 0.717) is 11.5 Å². The SMILES string of the molecule is CCc1nc(C)nc(Nc2cccc(C(=O)O)c2)c1C. The van der Waals surface area contributed by atoms with Crippen LogP contribution in [0.25, 0.3) is 0 Å². The Morgan fingerprint density at radius 3 is 2.70 bits per heavy atom. The van der Waals surface area contributed by atoms with Crippen molar-refractivity contribution < 1.29 is 9.90 Å². The maximum Gasteiger partial charge on any atom is 0.335 e. The molecule has 0 fully saturated rings. The van der Waals surface area contributed by atoms with E-state index in [1.54, 1.807) is 18.2 Å². The Bertz CT molecular complexity index is 654. The summed E-state index contributed by atoms with van der Waals surface area (Å²) in [5.41, 5.74) is 2.93. The van der Waals surface area contributed by atoms with Crippen LogP contribution < -0.4 is 5.32 Å². The Morgan fingerprint density at radius 2 is 2.05 bits per heavy atom. The molecular weight excluding hydrogens is 254 g/mol. The van der Waals surface area contributed by atoms with Crippen molar-refractivity contribution in [2.45, 2.75) is 27.2 Å². The number of anilines is 2. The van der Waals surface area contributed by atoms with Crippen molar-refractivity contribution in [2.24, 2.45) is 0 Å². The molecule has 104 valence electrons. The molecule has 1 heterocycles. The van der Waals surface area contributed by atoms with Crippen LogP contribution in [0, 0.1) is 13.8 Å². The van der Waals surface area contributed by atoms with E-state index >= 15 is 0 Å². The van der Waals surface area contributed by atoms with E-state index in [2.05, 4.69) is 15.3 Å². The predicted molar refractivity (Wildman–Crippen MR) is 77.6 cm³/mol. The molecule has 2 rings (SSSR count). The second-order valence-corrected chi connectivity index (χ2v) is 4.56. The summed E-state index contributed by atoms with van der Waals surface area (Å²) >= 11 is 0. The molecule has 0 spiro atoms. The van der Waals surface area contributed by atoms with Gasteiger partial charge in [-0.2, -0.15) is 0 Å². The number of hydrogen-bond acceptors (Lipinski definition) is 4. The Morgan fingerprint density at radius 1 is 1.30 bits per heavy atom. The summed E-state index contributed by atoms with van der Waals surface area (Å²) < 4.78 is 0. The molecule has 0 atom stereocenters. The quantitative estimate of drug-likeness (QED) is 0.893. The van der Waals surface area contributed by atoms with Gasteiger partial charge in [-0.1, -0.05) is 13.0 Å². The van der Waals surface area contributed by atoms with Gasteiger partial charge in [0.25, 0.3) is 0 Å². The van der Waals surface area contributed by atoms with Crippen molar-refractivity contribution in [3.63, 3.8) is 0 Å². The van der Waals surface area contributed by atoms with Crippen LogP contribution in [0.15, 0.2) is 24.3 Å². The maximum atomic E-state index is 11.0. The number of aromatic nitrogens is 2. The molecule has 0 unspecified atom stereocenters. The molecule has 0 saturated carbocycles. The number of rotatable bonds is 4. The van der Waals surface area contributed by atoms with Gasteiger partial charge in [0.1, 0.15) is 11.6 Å². The van der Waals surface area contributed by atoms with E-state index in [0.717, 1.165) is 23.5 Å². The molecule has 1 aromatic carbocycles. The zero-order valence-corrected chi connectivity index (χ0v) is 11.8. The van der Waals surface area contributed by atoms with E-state index in [-0.39, 0.29) is 5.56 Å². The van der Waals surface area contributed by atoms with Gasteiger partial charge in [0.05, 0.1) is 5.56 Å². The van der Waals surface area contributed by atoms with E-state index < -0.39 is 5.97 Å². The molecular formula is C15H17N3O2. The summed E-state index contributed by atoms with van der Waals surface area (Å²) in [6.07, 6.45) is 0.832. The molecule has 2 aromatic rings. The van der Waals surface area contributed by atoms with Crippen molar-refractivity contribution in [1.29, 1.82) is 0 Å². The van der Waals surface area contributed by atoms with Crippen LogP contribution in [0.2, 0.25) is 0 Å². The molecule has 2 N–H and O–H groups in total. The summed E-state index contributed by atoms with van der Waals surface area (Å²) in [7, 11) is 0. The van der Waals surface area contributed by atoms with Gasteiger partial charge in [0, 0.05) is 16.9 Å². The molecule has 0 aliphatic heterocycles. The van der Waals surface area contributed by atoms with E-state index in [4.69, 9.17) is 5.11 Å². The normalized spacial score (nSPS) is 10.3. The molecule has 0 bridgehead atoms. The van der Waals surface area contributed by atoms with Crippen molar-refractivity contribution >= 4 is 17.5 Å². The highest BCUT2D eigenvalue weighted by atomic mass is 16.4. The van der Waals surface area contributed by atoms with Gasteiger partial charge in [0.15, 0.2) is 0 Å². The summed E-state index contributed by atoms with van der Waals surface area (Å²) in [4.78, 5) is 19.7. The predicted octanol–water partition coefficient (Wildman–Crippen LogP) is 3.10. The Kier molecular flexibility index (Phi) is 3.98. The fraction of sp³-hybridized carbons (Fsp3) is 0.267. The van der Waals surface area contributed by atoms with Gasteiger partial charge in [-0.25, -0.2) is 14.8 Å². The smallest absolute Gasteiger partial charge is 0.335 e. The first-order chi connectivity index (χ1) is 9.51. The van der Waals surface area contributed by atoms with Crippen molar-refractivity contribution in [2.75, 3.05) is 5.32 Å². The second kappa shape index (κ2) is 5.69. The topological polar surface area (TPSA) is 75.1 Å². The van der Waals surface area contributed by atoms with Crippen LogP contribution >= 0.6 is 0 Å². The summed E-state index contributed by atoms with van der Waals surface area (Å²) in [5, 5.41) is 12.2. The van der Waals surface area contributed by atoms with Gasteiger partial charge in [-0.15, -0.1) is 0 Å². The molecule has 20 heavy (non-hydrogen) atoms. The van der Waals surface area contributed by atoms with Crippen LogP contribution in [-0.4, -0.2) is 21.0 Å². The number of carboxylic acid groups (broad SMARTS) is 1. The molecule has 0 radical (unpaired) electrons. The first-order valence-corrected chi connectivity index (χ1v) is 6.45. The fourth-order valence-electron chi connectivity index (χ4n) is 2.02. The lowest BCUT2D eigenvalue weighted by Crippen LogP contribution is -2.05. The van der Waals surface area contributed by atoms with Crippen molar-refractivity contribution in [1.82, 2.24) is 9.97 Å². The average Bonchev–Trinajstić information content (AvgIpc) is 2.42. The van der Waals surface area contributed by atoms with E-state index in [1.165, 1.54) is 0 Å². The van der Waals surface area contributed by atoms with Crippen LogP contribution in [0.3, 0.4) is 0 Å². The minimum Gasteiger partial charge on any atom is -0.478 e. The van der Waals surface area contributed by atoms with Crippen molar-refractivity contribution in [3.05, 3.63) is 46.9 Å². The summed E-state index contributed by atoms with van der Waals surface area (Å²) in [6, 6.07) is 6.67. The lowest BCUT2D eigenvalue weighted by atomic mass is 10.1. The number of carboxylic acids is 1. The van der Waals surface area contributed by atoms with Crippen LogP contribution in [-0.2, 0) is 6.42 Å². The fourth-order valence-corrected chi connectivity index (χ4v) is 2.02. The van der Waals surface area contributed by atoms with Gasteiger partial charge in [-0.05, 0) is 38.5 Å². The number of benzene rings is 1. The lowest BCUT2D eigenvalue weighted by Gasteiger charge is -2.12. The number of nitrogens with one attached hydrogen (secondary N) is 1. The minimum atomic E-state index is -0.946.